The van der Waals surface area contributed by atoms with Crippen LogP contribution < -0.4 is 10.5 Å². The lowest BCUT2D eigenvalue weighted by molar-refractivity contribution is 0.415. The maximum Gasteiger partial charge on any atom is 0.142 e. The number of nitrogen functional groups attached to an aromatic ring is 1. The standard InChI is InChI=1S/C15H23NO/c1-11-4-3-5-12(7-6-11)13-8-9-14(16)15(10-13)17-2/h8-12H,3-7,16H2,1-2H3. The molecular weight excluding hydrogens is 210 g/mol. The van der Waals surface area contributed by atoms with E-state index < -0.39 is 0 Å². The molecule has 1 aliphatic carbocycles. The number of hydrogen-bond acceptors (Lipinski definition) is 2. The number of methoxy groups -OCH3 is 1. The molecule has 1 saturated carbocycles. The predicted molar refractivity (Wildman–Crippen MR) is 72.4 cm³/mol. The topological polar surface area (TPSA) is 35.2 Å². The number of ether oxygens (including phenoxy) is 1. The molecule has 1 aliphatic rings. The van der Waals surface area contributed by atoms with Crippen LogP contribution in [-0.4, -0.2) is 7.11 Å². The van der Waals surface area contributed by atoms with E-state index in [2.05, 4.69) is 19.1 Å². The Labute approximate surface area is 104 Å². The van der Waals surface area contributed by atoms with Crippen LogP contribution in [0, 0.1) is 5.92 Å². The van der Waals surface area contributed by atoms with Gasteiger partial charge in [-0.15, -0.1) is 0 Å². The van der Waals surface area contributed by atoms with Crippen molar-refractivity contribution in [1.29, 1.82) is 0 Å². The summed E-state index contributed by atoms with van der Waals surface area (Å²) in [5, 5.41) is 0. The smallest absolute Gasteiger partial charge is 0.142 e. The fraction of sp³-hybridized carbons (Fsp3) is 0.600. The van der Waals surface area contributed by atoms with Gasteiger partial charge in [0.2, 0.25) is 0 Å². The number of anilines is 1. The summed E-state index contributed by atoms with van der Waals surface area (Å²) in [6, 6.07) is 6.26. The lowest BCUT2D eigenvalue weighted by Gasteiger charge is -2.16. The van der Waals surface area contributed by atoms with E-state index in [9.17, 15) is 0 Å². The third-order valence-corrected chi connectivity index (χ3v) is 3.99. The molecule has 1 aromatic carbocycles. The van der Waals surface area contributed by atoms with Crippen LogP contribution in [0.3, 0.4) is 0 Å². The SMILES string of the molecule is COc1cc(C2CCCC(C)CC2)ccc1N. The zero-order valence-corrected chi connectivity index (χ0v) is 10.9. The van der Waals surface area contributed by atoms with Crippen LogP contribution >= 0.6 is 0 Å². The molecule has 0 spiro atoms. The quantitative estimate of drug-likeness (QED) is 0.620. The molecule has 0 heterocycles. The van der Waals surface area contributed by atoms with Crippen LogP contribution in [0.5, 0.6) is 5.75 Å². The van der Waals surface area contributed by atoms with Gasteiger partial charge in [0.1, 0.15) is 5.75 Å². The van der Waals surface area contributed by atoms with E-state index in [0.717, 1.165) is 17.4 Å². The lowest BCUT2D eigenvalue weighted by Crippen LogP contribution is -2.00. The molecule has 0 bridgehead atoms. The van der Waals surface area contributed by atoms with Crippen LogP contribution in [0.2, 0.25) is 0 Å². The van der Waals surface area contributed by atoms with Gasteiger partial charge in [-0.25, -0.2) is 0 Å². The summed E-state index contributed by atoms with van der Waals surface area (Å²) in [4.78, 5) is 0. The van der Waals surface area contributed by atoms with Crippen molar-refractivity contribution in [3.8, 4) is 5.75 Å². The van der Waals surface area contributed by atoms with Gasteiger partial charge in [-0.05, 0) is 42.4 Å². The molecule has 0 amide bonds. The molecule has 2 unspecified atom stereocenters. The molecule has 2 atom stereocenters. The van der Waals surface area contributed by atoms with Gasteiger partial charge in [0, 0.05) is 0 Å². The second-order valence-electron chi connectivity index (χ2n) is 5.31. The highest BCUT2D eigenvalue weighted by Gasteiger charge is 2.18. The van der Waals surface area contributed by atoms with Crippen LogP contribution in [0.4, 0.5) is 5.69 Å². The first kappa shape index (κ1) is 12.3. The second kappa shape index (κ2) is 5.44. The monoisotopic (exact) mass is 233 g/mol. The van der Waals surface area contributed by atoms with Crippen molar-refractivity contribution < 1.29 is 4.74 Å². The largest absolute Gasteiger partial charge is 0.495 e. The molecule has 0 aliphatic heterocycles. The summed E-state index contributed by atoms with van der Waals surface area (Å²) in [6.07, 6.45) is 6.67. The summed E-state index contributed by atoms with van der Waals surface area (Å²) < 4.78 is 5.30. The van der Waals surface area contributed by atoms with E-state index >= 15 is 0 Å². The van der Waals surface area contributed by atoms with E-state index in [-0.39, 0.29) is 0 Å². The number of benzene rings is 1. The Morgan fingerprint density at radius 3 is 2.76 bits per heavy atom. The Morgan fingerprint density at radius 2 is 2.00 bits per heavy atom. The number of nitrogens with two attached hydrogens (primary N) is 1. The molecule has 1 aromatic rings. The van der Waals surface area contributed by atoms with Crippen molar-refractivity contribution in [3.63, 3.8) is 0 Å². The van der Waals surface area contributed by atoms with Crippen molar-refractivity contribution in [1.82, 2.24) is 0 Å². The van der Waals surface area contributed by atoms with Gasteiger partial charge in [0.15, 0.2) is 0 Å². The first-order valence-electron chi connectivity index (χ1n) is 6.64. The Morgan fingerprint density at radius 1 is 1.18 bits per heavy atom. The highest BCUT2D eigenvalue weighted by Crippen LogP contribution is 2.36. The average molecular weight is 233 g/mol. The Hall–Kier alpha value is -1.18. The number of rotatable bonds is 2. The van der Waals surface area contributed by atoms with Gasteiger partial charge in [-0.2, -0.15) is 0 Å². The van der Waals surface area contributed by atoms with E-state index in [1.165, 1.54) is 37.7 Å². The van der Waals surface area contributed by atoms with Gasteiger partial charge >= 0.3 is 0 Å². The molecule has 2 nitrogen and oxygen atoms in total. The Balaban J connectivity index is 2.15. The van der Waals surface area contributed by atoms with E-state index in [4.69, 9.17) is 10.5 Å². The average Bonchev–Trinajstić information content (AvgIpc) is 2.55. The molecule has 2 N–H and O–H groups in total. The second-order valence-corrected chi connectivity index (χ2v) is 5.31. The summed E-state index contributed by atoms with van der Waals surface area (Å²) in [6.45, 7) is 2.37. The van der Waals surface area contributed by atoms with Crippen molar-refractivity contribution in [3.05, 3.63) is 23.8 Å². The molecule has 0 radical (unpaired) electrons. The van der Waals surface area contributed by atoms with E-state index in [1.54, 1.807) is 7.11 Å². The fourth-order valence-corrected chi connectivity index (χ4v) is 2.80. The minimum absolute atomic E-state index is 0.689. The van der Waals surface area contributed by atoms with Gasteiger partial charge in [-0.1, -0.05) is 32.3 Å². The minimum Gasteiger partial charge on any atom is -0.495 e. The van der Waals surface area contributed by atoms with E-state index in [1.807, 2.05) is 6.07 Å². The predicted octanol–water partition coefficient (Wildman–Crippen LogP) is 3.96. The highest BCUT2D eigenvalue weighted by atomic mass is 16.5. The summed E-state index contributed by atoms with van der Waals surface area (Å²) in [5.74, 6) is 2.39. The van der Waals surface area contributed by atoms with Crippen LogP contribution in [0.1, 0.15) is 50.5 Å². The van der Waals surface area contributed by atoms with Gasteiger partial charge in [-0.3, -0.25) is 0 Å². The normalized spacial score (nSPS) is 25.3. The summed E-state index contributed by atoms with van der Waals surface area (Å²) in [7, 11) is 1.69. The molecule has 2 heteroatoms. The van der Waals surface area contributed by atoms with Crippen LogP contribution in [-0.2, 0) is 0 Å². The zero-order valence-electron chi connectivity index (χ0n) is 10.9. The van der Waals surface area contributed by atoms with E-state index in [0.29, 0.717) is 5.92 Å². The molecule has 1 fully saturated rings. The van der Waals surface area contributed by atoms with Crippen molar-refractivity contribution in [2.24, 2.45) is 5.92 Å². The first-order chi connectivity index (χ1) is 8.20. The Kier molecular flexibility index (Phi) is 3.93. The van der Waals surface area contributed by atoms with Gasteiger partial charge in [0.05, 0.1) is 12.8 Å². The van der Waals surface area contributed by atoms with Crippen molar-refractivity contribution in [2.75, 3.05) is 12.8 Å². The molecule has 2 rings (SSSR count). The van der Waals surface area contributed by atoms with Gasteiger partial charge in [0.25, 0.3) is 0 Å². The third-order valence-electron chi connectivity index (χ3n) is 3.99. The lowest BCUT2D eigenvalue weighted by atomic mass is 9.91. The van der Waals surface area contributed by atoms with Gasteiger partial charge < -0.3 is 10.5 Å². The summed E-state index contributed by atoms with van der Waals surface area (Å²) >= 11 is 0. The van der Waals surface area contributed by atoms with Crippen LogP contribution in [0.15, 0.2) is 18.2 Å². The maximum atomic E-state index is 5.86. The molecule has 0 aromatic heterocycles. The molecule has 94 valence electrons. The van der Waals surface area contributed by atoms with Crippen molar-refractivity contribution in [2.45, 2.75) is 44.9 Å². The molecule has 0 saturated heterocycles. The van der Waals surface area contributed by atoms with Crippen molar-refractivity contribution >= 4 is 5.69 Å². The molecular formula is C15H23NO. The Bertz CT molecular complexity index is 375. The third kappa shape index (κ3) is 2.93. The summed E-state index contributed by atoms with van der Waals surface area (Å²) in [5.41, 5.74) is 7.99. The zero-order chi connectivity index (χ0) is 12.3. The fourth-order valence-electron chi connectivity index (χ4n) is 2.80. The van der Waals surface area contributed by atoms with Crippen LogP contribution in [0.25, 0.3) is 0 Å². The number of hydrogen-bond donors (Lipinski definition) is 1. The first-order valence-corrected chi connectivity index (χ1v) is 6.64. The minimum atomic E-state index is 0.689. The molecule has 17 heavy (non-hydrogen) atoms. The highest BCUT2D eigenvalue weighted by molar-refractivity contribution is 5.54. The maximum absolute atomic E-state index is 5.86.